The summed E-state index contributed by atoms with van der Waals surface area (Å²) in [5, 5.41) is -1.40. The first-order valence-electron chi connectivity index (χ1n) is 7.44. The van der Waals surface area contributed by atoms with E-state index in [4.69, 9.17) is 0 Å². The third-order valence-electron chi connectivity index (χ3n) is 3.49. The van der Waals surface area contributed by atoms with E-state index in [-0.39, 0.29) is 11.5 Å². The molecule has 1 aliphatic rings. The van der Waals surface area contributed by atoms with E-state index in [1.807, 2.05) is 4.72 Å². The minimum atomic E-state index is -4.23. The first kappa shape index (κ1) is 19.4. The summed E-state index contributed by atoms with van der Waals surface area (Å²) < 4.78 is 47.0. The highest BCUT2D eigenvalue weighted by Crippen LogP contribution is 2.36. The van der Waals surface area contributed by atoms with Gasteiger partial charge in [0.1, 0.15) is 0 Å². The van der Waals surface area contributed by atoms with E-state index in [0.29, 0.717) is 18.5 Å². The van der Waals surface area contributed by atoms with Gasteiger partial charge in [0.05, 0.1) is 12.8 Å². The van der Waals surface area contributed by atoms with Gasteiger partial charge >= 0.3 is 5.97 Å². The minimum Gasteiger partial charge on any atom is -0.468 e. The molecule has 0 radical (unpaired) electrons. The topological polar surface area (TPSA) is 119 Å². The molecule has 2 rings (SSSR count). The van der Waals surface area contributed by atoms with Gasteiger partial charge < -0.3 is 4.74 Å². The molecule has 1 atom stereocenters. The van der Waals surface area contributed by atoms with Gasteiger partial charge in [-0.2, -0.15) is 4.36 Å². The lowest BCUT2D eigenvalue weighted by atomic mass is 10.2. The monoisotopic (exact) mass is 388 g/mol. The van der Waals surface area contributed by atoms with E-state index in [2.05, 4.69) is 9.10 Å². The molecule has 1 aromatic carbocycles. The molecule has 1 fully saturated rings. The Hall–Kier alpha value is -1.94. The zero-order valence-electron chi connectivity index (χ0n) is 14.1. The molecule has 1 aromatic rings. The Labute approximate surface area is 147 Å². The van der Waals surface area contributed by atoms with Crippen LogP contribution in [0.5, 0.6) is 0 Å². The predicted molar refractivity (Wildman–Crippen MR) is 93.4 cm³/mol. The van der Waals surface area contributed by atoms with Crippen molar-refractivity contribution in [2.24, 2.45) is 10.3 Å². The standard InChI is InChI=1S/C15H20N2O6S2/c1-23-15(19)13(10-7-8-10)25(21,22)17-14(18)11-5-4-6-12(9-11)16-24(2,3)20/h4-6,9-10,13H,7-8H2,1-3H3,(H,17,18). The van der Waals surface area contributed by atoms with Crippen LogP contribution in [-0.2, 0) is 29.3 Å². The average molecular weight is 388 g/mol. The molecule has 138 valence electrons. The molecule has 10 heteroatoms. The third kappa shape index (κ3) is 5.27. The molecule has 0 heterocycles. The smallest absolute Gasteiger partial charge is 0.326 e. The zero-order valence-corrected chi connectivity index (χ0v) is 15.7. The molecule has 0 bridgehead atoms. The summed E-state index contributed by atoms with van der Waals surface area (Å²) >= 11 is 0. The van der Waals surface area contributed by atoms with Crippen LogP contribution in [0.15, 0.2) is 28.6 Å². The molecular formula is C15H20N2O6S2. The van der Waals surface area contributed by atoms with Gasteiger partial charge in [-0.3, -0.25) is 9.59 Å². The van der Waals surface area contributed by atoms with Gasteiger partial charge in [0.25, 0.3) is 5.91 Å². The lowest BCUT2D eigenvalue weighted by Gasteiger charge is -2.15. The number of hydrogen-bond acceptors (Lipinski definition) is 7. The molecule has 1 unspecified atom stereocenters. The second-order valence-corrected chi connectivity index (χ2v) is 10.4. The number of nitrogens with zero attached hydrogens (tertiary/aromatic N) is 1. The highest BCUT2D eigenvalue weighted by molar-refractivity contribution is 7.92. The largest absolute Gasteiger partial charge is 0.468 e. The molecule has 1 saturated carbocycles. The first-order valence-corrected chi connectivity index (χ1v) is 11.3. The van der Waals surface area contributed by atoms with Crippen molar-refractivity contribution < 1.29 is 27.0 Å². The zero-order chi connectivity index (χ0) is 18.8. The van der Waals surface area contributed by atoms with Gasteiger partial charge in [-0.25, -0.2) is 17.3 Å². The fourth-order valence-electron chi connectivity index (χ4n) is 2.30. The van der Waals surface area contributed by atoms with Crippen LogP contribution in [-0.4, -0.2) is 49.4 Å². The molecule has 0 spiro atoms. The number of benzene rings is 1. The Bertz CT molecular complexity index is 904. The second-order valence-electron chi connectivity index (χ2n) is 6.08. The fraction of sp³-hybridized carbons (Fsp3) is 0.467. The number of carbonyl (C=O) groups is 2. The Morgan fingerprint density at radius 2 is 1.88 bits per heavy atom. The Balaban J connectivity index is 2.25. The maximum Gasteiger partial charge on any atom is 0.326 e. The third-order valence-corrected chi connectivity index (χ3v) is 5.85. The quantitative estimate of drug-likeness (QED) is 0.728. The van der Waals surface area contributed by atoms with Crippen molar-refractivity contribution in [3.05, 3.63) is 29.8 Å². The summed E-state index contributed by atoms with van der Waals surface area (Å²) in [6, 6.07) is 5.80. The van der Waals surface area contributed by atoms with Crippen molar-refractivity contribution in [2.45, 2.75) is 18.1 Å². The summed E-state index contributed by atoms with van der Waals surface area (Å²) in [6.45, 7) is 0. The average Bonchev–Trinajstić information content (AvgIpc) is 3.29. The minimum absolute atomic E-state index is 0.0351. The van der Waals surface area contributed by atoms with Crippen LogP contribution < -0.4 is 4.72 Å². The lowest BCUT2D eigenvalue weighted by molar-refractivity contribution is -0.140. The first-order chi connectivity index (χ1) is 11.5. The highest BCUT2D eigenvalue weighted by Gasteiger charge is 2.46. The maximum atomic E-state index is 12.4. The molecule has 1 aliphatic carbocycles. The molecular weight excluding hydrogens is 368 g/mol. The van der Waals surface area contributed by atoms with E-state index >= 15 is 0 Å². The van der Waals surface area contributed by atoms with Crippen LogP contribution in [0.4, 0.5) is 5.69 Å². The molecule has 1 amide bonds. The van der Waals surface area contributed by atoms with Crippen molar-refractivity contribution in [2.75, 3.05) is 19.6 Å². The number of esters is 1. The van der Waals surface area contributed by atoms with Gasteiger partial charge in [-0.1, -0.05) is 6.07 Å². The van der Waals surface area contributed by atoms with Gasteiger partial charge in [-0.05, 0) is 37.0 Å². The van der Waals surface area contributed by atoms with Gasteiger partial charge in [0.15, 0.2) is 5.25 Å². The van der Waals surface area contributed by atoms with E-state index in [9.17, 15) is 22.2 Å². The van der Waals surface area contributed by atoms with Crippen LogP contribution in [0.2, 0.25) is 0 Å². The van der Waals surface area contributed by atoms with Crippen LogP contribution in [0.1, 0.15) is 23.2 Å². The number of carbonyl (C=O) groups excluding carboxylic acids is 2. The second kappa shape index (κ2) is 7.12. The Morgan fingerprint density at radius 3 is 2.40 bits per heavy atom. The lowest BCUT2D eigenvalue weighted by Crippen LogP contribution is -2.44. The number of ether oxygens (including phenoxy) is 1. The van der Waals surface area contributed by atoms with Crippen molar-refractivity contribution in [3.8, 4) is 0 Å². The van der Waals surface area contributed by atoms with Crippen molar-refractivity contribution in [1.29, 1.82) is 0 Å². The molecule has 0 saturated heterocycles. The van der Waals surface area contributed by atoms with Crippen LogP contribution in [0.25, 0.3) is 0 Å². The number of sulfonamides is 1. The normalized spacial score (nSPS) is 16.0. The van der Waals surface area contributed by atoms with Gasteiger partial charge in [0, 0.05) is 27.8 Å². The van der Waals surface area contributed by atoms with E-state index in [0.717, 1.165) is 7.11 Å². The number of nitrogens with one attached hydrogen (secondary N) is 1. The summed E-state index contributed by atoms with van der Waals surface area (Å²) in [7, 11) is -5.54. The summed E-state index contributed by atoms with van der Waals surface area (Å²) in [6.07, 6.45) is 4.07. The van der Waals surface area contributed by atoms with E-state index in [1.165, 1.54) is 30.7 Å². The molecule has 8 nitrogen and oxygen atoms in total. The van der Waals surface area contributed by atoms with Crippen molar-refractivity contribution in [3.63, 3.8) is 0 Å². The van der Waals surface area contributed by atoms with Gasteiger partial charge in [0.2, 0.25) is 10.0 Å². The number of hydrogen-bond donors (Lipinski definition) is 1. The molecule has 25 heavy (non-hydrogen) atoms. The Kier molecular flexibility index (Phi) is 5.52. The molecule has 0 aromatic heterocycles. The van der Waals surface area contributed by atoms with E-state index < -0.39 is 36.9 Å². The molecule has 0 aliphatic heterocycles. The van der Waals surface area contributed by atoms with Crippen molar-refractivity contribution in [1.82, 2.24) is 4.72 Å². The van der Waals surface area contributed by atoms with E-state index in [1.54, 1.807) is 6.07 Å². The van der Waals surface area contributed by atoms with Gasteiger partial charge in [-0.15, -0.1) is 0 Å². The summed E-state index contributed by atoms with van der Waals surface area (Å²) in [5.74, 6) is -2.11. The SMILES string of the molecule is COC(=O)C(C1CC1)S(=O)(=O)NC(=O)c1cccc(N=S(C)(C)=O)c1. The highest BCUT2D eigenvalue weighted by atomic mass is 32.2. The maximum absolute atomic E-state index is 12.4. The van der Waals surface area contributed by atoms with Crippen LogP contribution in [0.3, 0.4) is 0 Å². The predicted octanol–water partition coefficient (Wildman–Crippen LogP) is 1.06. The summed E-state index contributed by atoms with van der Waals surface area (Å²) in [5.41, 5.74) is 0.333. The number of amides is 1. The number of rotatable bonds is 6. The molecule has 1 N–H and O–H groups in total. The fourth-order valence-corrected chi connectivity index (χ4v) is 4.55. The summed E-state index contributed by atoms with van der Waals surface area (Å²) in [4.78, 5) is 24.1. The van der Waals surface area contributed by atoms with Crippen molar-refractivity contribution >= 4 is 37.3 Å². The van der Waals surface area contributed by atoms with Crippen LogP contribution >= 0.6 is 0 Å². The Morgan fingerprint density at radius 1 is 1.24 bits per heavy atom. The van der Waals surface area contributed by atoms with Crippen LogP contribution in [0, 0.1) is 5.92 Å². The number of methoxy groups -OCH3 is 1.